The second kappa shape index (κ2) is 5.05. The van der Waals surface area contributed by atoms with Crippen molar-refractivity contribution < 1.29 is 9.59 Å². The van der Waals surface area contributed by atoms with Gasteiger partial charge in [-0.2, -0.15) is 0 Å². The zero-order chi connectivity index (χ0) is 14.3. The Kier molecular flexibility index (Phi) is 3.51. The minimum Gasteiger partial charge on any atom is -0.337 e. The topological polar surface area (TPSA) is 40.6 Å². The fourth-order valence-electron chi connectivity index (χ4n) is 4.04. The highest BCUT2D eigenvalue weighted by atomic mass is 16.2. The van der Waals surface area contributed by atoms with Crippen molar-refractivity contribution in [2.75, 3.05) is 13.1 Å². The third-order valence-electron chi connectivity index (χ3n) is 5.46. The molecule has 2 saturated heterocycles. The normalized spacial score (nSPS) is 31.4. The van der Waals surface area contributed by atoms with Crippen LogP contribution < -0.4 is 0 Å². The van der Waals surface area contributed by atoms with Gasteiger partial charge in [0, 0.05) is 25.6 Å². The molecule has 3 fully saturated rings. The van der Waals surface area contributed by atoms with Crippen LogP contribution in [-0.2, 0) is 9.59 Å². The number of carbonyl (C=O) groups excluding carboxylic acids is 2. The van der Waals surface area contributed by atoms with E-state index in [9.17, 15) is 9.59 Å². The predicted octanol–water partition coefficient (Wildman–Crippen LogP) is 2.18. The summed E-state index contributed by atoms with van der Waals surface area (Å²) in [5.41, 5.74) is 0.417. The van der Waals surface area contributed by atoms with E-state index in [0.717, 1.165) is 32.2 Å². The molecule has 3 aliphatic rings. The third-order valence-corrected chi connectivity index (χ3v) is 5.46. The lowest BCUT2D eigenvalue weighted by molar-refractivity contribution is -0.141. The summed E-state index contributed by atoms with van der Waals surface area (Å²) in [6, 6.07) is 0.212. The first kappa shape index (κ1) is 13.9. The highest BCUT2D eigenvalue weighted by Crippen LogP contribution is 2.38. The zero-order valence-electron chi connectivity index (χ0n) is 12.7. The lowest BCUT2D eigenvalue weighted by atomic mass is 9.75. The number of rotatable bonds is 1. The summed E-state index contributed by atoms with van der Waals surface area (Å²) >= 11 is 0. The molecular weight excluding hydrogens is 252 g/mol. The molecule has 0 radical (unpaired) electrons. The Morgan fingerprint density at radius 1 is 1.00 bits per heavy atom. The first-order valence-corrected chi connectivity index (χ1v) is 8.08. The fourth-order valence-corrected chi connectivity index (χ4v) is 4.04. The van der Waals surface area contributed by atoms with Crippen LogP contribution in [0.15, 0.2) is 0 Å². The Morgan fingerprint density at radius 3 is 2.40 bits per heavy atom. The van der Waals surface area contributed by atoms with E-state index in [2.05, 4.69) is 13.8 Å². The molecule has 0 aromatic rings. The van der Waals surface area contributed by atoms with Gasteiger partial charge < -0.3 is 9.80 Å². The SMILES string of the molecule is CC1(C)CCC(N2CCC(=O)N3CCCC3C2=O)CC1. The van der Waals surface area contributed by atoms with Crippen LogP contribution in [0.5, 0.6) is 0 Å². The third kappa shape index (κ3) is 2.45. The molecule has 1 atom stereocenters. The van der Waals surface area contributed by atoms with Crippen molar-refractivity contribution in [3.05, 3.63) is 0 Å². The molecular formula is C16H26N2O2. The van der Waals surface area contributed by atoms with Crippen molar-refractivity contribution in [2.24, 2.45) is 5.41 Å². The second-order valence-electron chi connectivity index (χ2n) is 7.42. The lowest BCUT2D eigenvalue weighted by Gasteiger charge is -2.40. The van der Waals surface area contributed by atoms with Gasteiger partial charge >= 0.3 is 0 Å². The standard InChI is InChI=1S/C16H26N2O2/c1-16(2)8-5-12(6-9-16)17-11-7-14(19)18-10-3-4-13(18)15(17)20/h12-13H,3-11H2,1-2H3. The summed E-state index contributed by atoms with van der Waals surface area (Å²) < 4.78 is 0. The van der Waals surface area contributed by atoms with Gasteiger partial charge in [0.1, 0.15) is 6.04 Å². The molecule has 0 N–H and O–H groups in total. The Labute approximate surface area is 121 Å². The van der Waals surface area contributed by atoms with Gasteiger partial charge in [-0.05, 0) is 43.9 Å². The first-order valence-electron chi connectivity index (χ1n) is 8.08. The molecule has 0 spiro atoms. The van der Waals surface area contributed by atoms with Gasteiger partial charge in [-0.1, -0.05) is 13.8 Å². The molecule has 2 aliphatic heterocycles. The van der Waals surface area contributed by atoms with Crippen molar-refractivity contribution in [1.82, 2.24) is 9.80 Å². The van der Waals surface area contributed by atoms with Crippen LogP contribution in [0.25, 0.3) is 0 Å². The number of amides is 2. The smallest absolute Gasteiger partial charge is 0.245 e. The Hall–Kier alpha value is -1.06. The minimum absolute atomic E-state index is 0.153. The van der Waals surface area contributed by atoms with Crippen molar-refractivity contribution in [3.63, 3.8) is 0 Å². The molecule has 0 bridgehead atoms. The van der Waals surface area contributed by atoms with Gasteiger partial charge in [-0.25, -0.2) is 0 Å². The Balaban J connectivity index is 1.73. The van der Waals surface area contributed by atoms with Crippen LogP contribution >= 0.6 is 0 Å². The molecule has 0 aromatic carbocycles. The van der Waals surface area contributed by atoms with E-state index >= 15 is 0 Å². The van der Waals surface area contributed by atoms with Crippen LogP contribution in [0.4, 0.5) is 0 Å². The van der Waals surface area contributed by atoms with Crippen LogP contribution in [-0.4, -0.2) is 46.8 Å². The molecule has 2 amide bonds. The fraction of sp³-hybridized carbons (Fsp3) is 0.875. The molecule has 112 valence electrons. The van der Waals surface area contributed by atoms with Gasteiger partial charge in [-0.15, -0.1) is 0 Å². The zero-order valence-corrected chi connectivity index (χ0v) is 12.7. The van der Waals surface area contributed by atoms with Gasteiger partial charge in [0.2, 0.25) is 11.8 Å². The van der Waals surface area contributed by atoms with Gasteiger partial charge in [0.25, 0.3) is 0 Å². The van der Waals surface area contributed by atoms with E-state index in [4.69, 9.17) is 0 Å². The molecule has 1 unspecified atom stereocenters. The molecule has 0 aromatic heterocycles. The first-order chi connectivity index (χ1) is 9.48. The number of hydrogen-bond donors (Lipinski definition) is 0. The van der Waals surface area contributed by atoms with Crippen LogP contribution in [0, 0.1) is 5.41 Å². The monoisotopic (exact) mass is 278 g/mol. The maximum Gasteiger partial charge on any atom is 0.245 e. The second-order valence-corrected chi connectivity index (χ2v) is 7.42. The highest BCUT2D eigenvalue weighted by molar-refractivity contribution is 5.90. The van der Waals surface area contributed by atoms with Crippen LogP contribution in [0.3, 0.4) is 0 Å². The number of carbonyl (C=O) groups is 2. The van der Waals surface area contributed by atoms with Crippen molar-refractivity contribution in [2.45, 2.75) is 70.9 Å². The number of hydrogen-bond acceptors (Lipinski definition) is 2. The maximum atomic E-state index is 12.8. The van der Waals surface area contributed by atoms with Crippen molar-refractivity contribution in [3.8, 4) is 0 Å². The predicted molar refractivity (Wildman–Crippen MR) is 77.1 cm³/mol. The molecule has 3 rings (SSSR count). The maximum absolute atomic E-state index is 12.8. The van der Waals surface area contributed by atoms with E-state index < -0.39 is 0 Å². The van der Waals surface area contributed by atoms with E-state index in [0.29, 0.717) is 24.4 Å². The molecule has 1 aliphatic carbocycles. The van der Waals surface area contributed by atoms with E-state index in [1.807, 2.05) is 9.80 Å². The van der Waals surface area contributed by atoms with E-state index in [1.165, 1.54) is 12.8 Å². The molecule has 1 saturated carbocycles. The summed E-state index contributed by atoms with van der Waals surface area (Å²) in [5, 5.41) is 0. The number of nitrogens with zero attached hydrogens (tertiary/aromatic N) is 2. The number of fused-ring (bicyclic) bond motifs is 1. The molecule has 4 heteroatoms. The van der Waals surface area contributed by atoms with E-state index in [1.54, 1.807) is 0 Å². The highest BCUT2D eigenvalue weighted by Gasteiger charge is 2.42. The molecule has 20 heavy (non-hydrogen) atoms. The quantitative estimate of drug-likeness (QED) is 0.737. The molecule has 2 heterocycles. The van der Waals surface area contributed by atoms with Crippen LogP contribution in [0.1, 0.15) is 58.8 Å². The van der Waals surface area contributed by atoms with Gasteiger partial charge in [0.15, 0.2) is 0 Å². The van der Waals surface area contributed by atoms with Crippen molar-refractivity contribution in [1.29, 1.82) is 0 Å². The summed E-state index contributed by atoms with van der Waals surface area (Å²) in [7, 11) is 0. The Morgan fingerprint density at radius 2 is 1.70 bits per heavy atom. The Bertz CT molecular complexity index is 409. The largest absolute Gasteiger partial charge is 0.337 e. The minimum atomic E-state index is -0.153. The average Bonchev–Trinajstić information content (AvgIpc) is 2.85. The van der Waals surface area contributed by atoms with Gasteiger partial charge in [-0.3, -0.25) is 9.59 Å². The summed E-state index contributed by atoms with van der Waals surface area (Å²) in [5.74, 6) is 0.401. The summed E-state index contributed by atoms with van der Waals surface area (Å²) in [4.78, 5) is 28.8. The molecule has 4 nitrogen and oxygen atoms in total. The van der Waals surface area contributed by atoms with Gasteiger partial charge in [0.05, 0.1) is 0 Å². The lowest BCUT2D eigenvalue weighted by Crippen LogP contribution is -2.49. The van der Waals surface area contributed by atoms with Crippen molar-refractivity contribution >= 4 is 11.8 Å². The summed E-state index contributed by atoms with van der Waals surface area (Å²) in [6.45, 7) is 6.04. The summed E-state index contributed by atoms with van der Waals surface area (Å²) in [6.07, 6.45) is 6.92. The van der Waals surface area contributed by atoms with Crippen LogP contribution in [0.2, 0.25) is 0 Å². The average molecular weight is 278 g/mol. The van der Waals surface area contributed by atoms with E-state index in [-0.39, 0.29) is 17.9 Å².